The number of fused-ring (bicyclic) bond motifs is 1. The number of hydrogen-bond donors (Lipinski definition) is 2. The number of aliphatic hydroxyl groups is 1. The zero-order valence-corrected chi connectivity index (χ0v) is 11.0. The van der Waals surface area contributed by atoms with E-state index in [1.807, 2.05) is 13.0 Å². The predicted molar refractivity (Wildman–Crippen MR) is 67.9 cm³/mol. The van der Waals surface area contributed by atoms with Gasteiger partial charge in [-0.1, -0.05) is 12.7 Å². The molecule has 104 valence electrons. The molecule has 1 spiro atoms. The first-order chi connectivity index (χ1) is 8.92. The first-order valence-corrected chi connectivity index (χ1v) is 6.61. The molecule has 19 heavy (non-hydrogen) atoms. The Hall–Kier alpha value is -1.17. The Morgan fingerprint density at radius 3 is 2.95 bits per heavy atom. The zero-order chi connectivity index (χ0) is 13.8. The van der Waals surface area contributed by atoms with Crippen molar-refractivity contribution in [1.82, 2.24) is 0 Å². The number of hydrogen-bond acceptors (Lipinski definition) is 5. The molecule has 0 aromatic rings. The van der Waals surface area contributed by atoms with Gasteiger partial charge in [0.25, 0.3) is 0 Å². The van der Waals surface area contributed by atoms with Crippen molar-refractivity contribution in [3.8, 4) is 0 Å². The second-order valence-corrected chi connectivity index (χ2v) is 5.82. The van der Waals surface area contributed by atoms with E-state index < -0.39 is 24.0 Å². The van der Waals surface area contributed by atoms with E-state index in [-0.39, 0.29) is 12.0 Å². The average molecular weight is 265 g/mol. The molecule has 1 aliphatic carbocycles. The van der Waals surface area contributed by atoms with Gasteiger partial charge in [0.2, 0.25) is 5.79 Å². The van der Waals surface area contributed by atoms with Gasteiger partial charge in [-0.05, 0) is 18.9 Å². The number of carbonyl (C=O) groups is 1. The Labute approximate surface area is 112 Å². The molecule has 3 aliphatic rings. The van der Waals surface area contributed by atoms with Gasteiger partial charge in [0.1, 0.15) is 6.10 Å². The highest BCUT2D eigenvalue weighted by Crippen LogP contribution is 2.45. The third-order valence-electron chi connectivity index (χ3n) is 4.41. The molecule has 3 N–H and O–H groups in total. The number of ether oxygens (including phenoxy) is 2. The van der Waals surface area contributed by atoms with E-state index in [0.29, 0.717) is 18.4 Å². The highest BCUT2D eigenvalue weighted by Gasteiger charge is 2.54. The molecule has 5 atom stereocenters. The van der Waals surface area contributed by atoms with Gasteiger partial charge in [0.15, 0.2) is 0 Å². The van der Waals surface area contributed by atoms with E-state index in [9.17, 15) is 9.90 Å². The average Bonchev–Trinajstić information content (AvgIpc) is 2.59. The Morgan fingerprint density at radius 1 is 1.58 bits per heavy atom. The summed E-state index contributed by atoms with van der Waals surface area (Å²) in [6, 6.07) is -0.156. The van der Waals surface area contributed by atoms with Crippen LogP contribution in [0.15, 0.2) is 23.8 Å². The normalized spacial score (nSPS) is 45.9. The lowest BCUT2D eigenvalue weighted by molar-refractivity contribution is -0.280. The molecule has 2 aliphatic heterocycles. The minimum absolute atomic E-state index is 0.0666. The Bertz CT molecular complexity index is 454. The summed E-state index contributed by atoms with van der Waals surface area (Å²) in [4.78, 5) is 11.5. The third-order valence-corrected chi connectivity index (χ3v) is 4.41. The van der Waals surface area contributed by atoms with Crippen LogP contribution in [-0.4, -0.2) is 35.1 Å². The summed E-state index contributed by atoms with van der Waals surface area (Å²) in [6.45, 7) is 5.55. The molecule has 2 saturated heterocycles. The zero-order valence-electron chi connectivity index (χ0n) is 11.0. The third kappa shape index (κ3) is 1.93. The molecule has 2 heterocycles. The molecule has 2 fully saturated rings. The number of allylic oxidation sites excluding steroid dienone is 1. The van der Waals surface area contributed by atoms with Gasteiger partial charge in [-0.15, -0.1) is 0 Å². The van der Waals surface area contributed by atoms with Crippen LogP contribution in [0, 0.1) is 5.92 Å². The molecule has 0 radical (unpaired) electrons. The fourth-order valence-electron chi connectivity index (χ4n) is 3.30. The first kappa shape index (κ1) is 12.8. The summed E-state index contributed by atoms with van der Waals surface area (Å²) in [5.74, 6) is -1.38. The summed E-state index contributed by atoms with van der Waals surface area (Å²) < 4.78 is 11.3. The van der Waals surface area contributed by atoms with Crippen LogP contribution in [0.25, 0.3) is 0 Å². The Kier molecular flexibility index (Phi) is 2.81. The largest absolute Gasteiger partial charge is 0.429 e. The van der Waals surface area contributed by atoms with Crippen LogP contribution in [0.2, 0.25) is 0 Å². The quantitative estimate of drug-likeness (QED) is 0.381. The maximum Gasteiger partial charge on any atom is 0.336 e. The second kappa shape index (κ2) is 4.16. The summed E-state index contributed by atoms with van der Waals surface area (Å²) in [5, 5.41) is 10.3. The number of carbonyl (C=O) groups excluding carboxylic acids is 1. The monoisotopic (exact) mass is 265 g/mol. The van der Waals surface area contributed by atoms with E-state index in [1.54, 1.807) is 0 Å². The van der Waals surface area contributed by atoms with E-state index in [2.05, 4.69) is 6.58 Å². The van der Waals surface area contributed by atoms with Crippen LogP contribution in [-0.2, 0) is 14.3 Å². The molecular formula is C14H19NO4. The molecule has 0 amide bonds. The maximum atomic E-state index is 11.5. The summed E-state index contributed by atoms with van der Waals surface area (Å²) in [5.41, 5.74) is 7.49. The van der Waals surface area contributed by atoms with Crippen molar-refractivity contribution in [3.05, 3.63) is 23.8 Å². The van der Waals surface area contributed by atoms with Crippen molar-refractivity contribution in [3.63, 3.8) is 0 Å². The van der Waals surface area contributed by atoms with Crippen molar-refractivity contribution < 1.29 is 19.4 Å². The smallest absolute Gasteiger partial charge is 0.336 e. The van der Waals surface area contributed by atoms with Crippen LogP contribution in [0.3, 0.4) is 0 Å². The summed E-state index contributed by atoms with van der Waals surface area (Å²) in [6.07, 6.45) is 2.49. The number of aliphatic hydroxyl groups excluding tert-OH is 1. The van der Waals surface area contributed by atoms with Crippen molar-refractivity contribution in [2.24, 2.45) is 11.7 Å². The van der Waals surface area contributed by atoms with Crippen LogP contribution in [0.5, 0.6) is 0 Å². The molecule has 5 heteroatoms. The van der Waals surface area contributed by atoms with Gasteiger partial charge in [-0.3, -0.25) is 0 Å². The minimum atomic E-state index is -1.02. The molecule has 0 bridgehead atoms. The van der Waals surface area contributed by atoms with E-state index in [1.165, 1.54) is 0 Å². The Balaban J connectivity index is 1.88. The number of rotatable bonds is 0. The van der Waals surface area contributed by atoms with Gasteiger partial charge >= 0.3 is 5.97 Å². The first-order valence-electron chi connectivity index (χ1n) is 6.61. The fourth-order valence-corrected chi connectivity index (χ4v) is 3.30. The maximum absolute atomic E-state index is 11.5. The second-order valence-electron chi connectivity index (χ2n) is 5.82. The van der Waals surface area contributed by atoms with E-state index >= 15 is 0 Å². The van der Waals surface area contributed by atoms with Crippen molar-refractivity contribution >= 4 is 5.97 Å². The van der Waals surface area contributed by atoms with Crippen molar-refractivity contribution in [2.75, 3.05) is 0 Å². The van der Waals surface area contributed by atoms with Gasteiger partial charge in [-0.2, -0.15) is 0 Å². The molecule has 0 unspecified atom stereocenters. The summed E-state index contributed by atoms with van der Waals surface area (Å²) in [7, 11) is 0. The van der Waals surface area contributed by atoms with Gasteiger partial charge in [-0.25, -0.2) is 4.79 Å². The minimum Gasteiger partial charge on any atom is -0.429 e. The molecule has 0 saturated carbocycles. The van der Waals surface area contributed by atoms with E-state index in [0.717, 1.165) is 12.0 Å². The van der Waals surface area contributed by atoms with E-state index in [4.69, 9.17) is 15.2 Å². The summed E-state index contributed by atoms with van der Waals surface area (Å²) >= 11 is 0. The topological polar surface area (TPSA) is 81.8 Å². The lowest BCUT2D eigenvalue weighted by atomic mass is 9.76. The lowest BCUT2D eigenvalue weighted by Crippen LogP contribution is -2.59. The Morgan fingerprint density at radius 2 is 2.32 bits per heavy atom. The van der Waals surface area contributed by atoms with Crippen LogP contribution in [0.4, 0.5) is 0 Å². The highest BCUT2D eigenvalue weighted by atomic mass is 16.7. The molecule has 0 aromatic heterocycles. The van der Waals surface area contributed by atoms with Gasteiger partial charge < -0.3 is 20.3 Å². The van der Waals surface area contributed by atoms with Gasteiger partial charge in [0, 0.05) is 30.4 Å². The van der Waals surface area contributed by atoms with Crippen LogP contribution < -0.4 is 5.73 Å². The number of esters is 1. The van der Waals surface area contributed by atoms with Crippen molar-refractivity contribution in [2.45, 2.75) is 50.2 Å². The predicted octanol–water partition coefficient (Wildman–Crippen LogP) is 0.629. The molecular weight excluding hydrogens is 246 g/mol. The van der Waals surface area contributed by atoms with Crippen LogP contribution >= 0.6 is 0 Å². The van der Waals surface area contributed by atoms with Crippen molar-refractivity contribution in [1.29, 1.82) is 0 Å². The highest BCUT2D eigenvalue weighted by molar-refractivity contribution is 5.90. The molecule has 5 nitrogen and oxygen atoms in total. The molecule has 0 aromatic carbocycles. The van der Waals surface area contributed by atoms with Gasteiger partial charge in [0.05, 0.1) is 6.10 Å². The number of nitrogens with two attached hydrogens (primary N) is 1. The fraction of sp³-hybridized carbons (Fsp3) is 0.643. The van der Waals surface area contributed by atoms with Crippen LogP contribution in [0.1, 0.15) is 26.2 Å². The lowest BCUT2D eigenvalue weighted by Gasteiger charge is -2.48. The SMILES string of the molecule is C=C1C[C@@]2(C[C@H](N)[C@H]3CC=C(C)[C@@H](O)[C@@H]3O2)OC1=O. The standard InChI is InChI=1S/C14H19NO4/c1-7-3-4-9-10(15)6-14(18-12(9)11(7)16)5-8(2)13(17)19-14/h3,9-12,16H,2,4-6,15H2,1H3/t9-,10+,11-,12-,14+/m1/s1. The molecule has 3 rings (SSSR count).